The van der Waals surface area contributed by atoms with Crippen molar-refractivity contribution in [1.82, 2.24) is 10.6 Å². The van der Waals surface area contributed by atoms with Crippen LogP contribution in [0.4, 0.5) is 0 Å². The normalized spacial score (nSPS) is 32.9. The monoisotopic (exact) mass is 458 g/mol. The first-order chi connectivity index (χ1) is 15.4. The maximum Gasteiger partial charge on any atom is 0.258 e. The van der Waals surface area contributed by atoms with Gasteiger partial charge in [0.2, 0.25) is 5.91 Å². The molecule has 0 spiro atoms. The first-order valence-electron chi connectivity index (χ1n) is 12.4. The predicted molar refractivity (Wildman–Crippen MR) is 130 cm³/mol. The first-order valence-corrected chi connectivity index (χ1v) is 12.4. The minimum atomic E-state index is -0.570. The Bertz CT molecular complexity index is 821. The molecular formula is C27H42N2O4. The van der Waals surface area contributed by atoms with E-state index >= 15 is 0 Å². The van der Waals surface area contributed by atoms with Crippen LogP contribution in [0.1, 0.15) is 67.2 Å². The van der Waals surface area contributed by atoms with Crippen LogP contribution in [0.15, 0.2) is 30.3 Å². The Morgan fingerprint density at radius 3 is 2.45 bits per heavy atom. The van der Waals surface area contributed by atoms with Gasteiger partial charge in [-0.25, -0.2) is 0 Å². The lowest BCUT2D eigenvalue weighted by molar-refractivity contribution is -0.144. The summed E-state index contributed by atoms with van der Waals surface area (Å²) in [6.07, 6.45) is 3.12. The minimum Gasteiger partial charge on any atom is -0.484 e. The summed E-state index contributed by atoms with van der Waals surface area (Å²) in [4.78, 5) is 25.4. The molecule has 1 aromatic rings. The molecule has 0 aromatic heterocycles. The van der Waals surface area contributed by atoms with Gasteiger partial charge >= 0.3 is 0 Å². The minimum absolute atomic E-state index is 0.00142. The fourth-order valence-corrected chi connectivity index (χ4v) is 6.09. The Morgan fingerprint density at radius 1 is 1.18 bits per heavy atom. The molecule has 0 heterocycles. The standard InChI is InChI=1S/C27H42N2O4/c1-17(25(32)29-26(3,4)5)20-12-14-27(6)15-13-21(18(2)23(27)24(20)31)28-22(30)16-33-19-10-8-7-9-11-19/h7-11,17-18,20-21,23-24,31H,12-16H2,1-6H3,(H,28,30)(H,29,32). The largest absolute Gasteiger partial charge is 0.484 e. The third kappa shape index (κ3) is 6.08. The molecule has 2 saturated carbocycles. The van der Waals surface area contributed by atoms with Crippen molar-refractivity contribution in [1.29, 1.82) is 0 Å². The molecule has 2 fully saturated rings. The van der Waals surface area contributed by atoms with Crippen molar-refractivity contribution in [3.63, 3.8) is 0 Å². The second-order valence-electron chi connectivity index (χ2n) is 11.6. The number of benzene rings is 1. The molecule has 2 amide bonds. The molecule has 0 bridgehead atoms. The van der Waals surface area contributed by atoms with Crippen LogP contribution < -0.4 is 15.4 Å². The number of aliphatic hydroxyl groups is 1. The molecule has 1 aromatic carbocycles. The fraction of sp³-hybridized carbons (Fsp3) is 0.704. The van der Waals surface area contributed by atoms with Crippen LogP contribution in [-0.4, -0.2) is 41.2 Å². The highest BCUT2D eigenvalue weighted by atomic mass is 16.5. The Labute approximate surface area is 198 Å². The van der Waals surface area contributed by atoms with Crippen molar-refractivity contribution in [3.8, 4) is 5.75 Å². The third-order valence-corrected chi connectivity index (χ3v) is 7.90. The average Bonchev–Trinajstić information content (AvgIpc) is 2.73. The average molecular weight is 459 g/mol. The van der Waals surface area contributed by atoms with Crippen LogP contribution in [0.2, 0.25) is 0 Å². The van der Waals surface area contributed by atoms with Crippen LogP contribution in [0.3, 0.4) is 0 Å². The summed E-state index contributed by atoms with van der Waals surface area (Å²) in [5, 5.41) is 17.7. The molecule has 3 N–H and O–H groups in total. The number of hydrogen-bond donors (Lipinski definition) is 3. The number of fused-ring (bicyclic) bond motifs is 1. The molecule has 3 rings (SSSR count). The highest BCUT2D eigenvalue weighted by Crippen LogP contribution is 2.55. The molecule has 7 unspecified atom stereocenters. The number of aliphatic hydroxyl groups excluding tert-OH is 1. The van der Waals surface area contributed by atoms with E-state index in [0.717, 1.165) is 25.7 Å². The lowest BCUT2D eigenvalue weighted by Gasteiger charge is -2.56. The van der Waals surface area contributed by atoms with Crippen LogP contribution in [-0.2, 0) is 9.59 Å². The summed E-state index contributed by atoms with van der Waals surface area (Å²) in [5.41, 5.74) is -0.272. The molecule has 0 radical (unpaired) electrons. The molecule has 184 valence electrons. The van der Waals surface area contributed by atoms with E-state index in [1.54, 1.807) is 0 Å². The number of para-hydroxylation sites is 1. The number of ether oxygens (including phenoxy) is 1. The Kier molecular flexibility index (Phi) is 7.77. The van der Waals surface area contributed by atoms with E-state index in [0.29, 0.717) is 5.75 Å². The Morgan fingerprint density at radius 2 is 1.82 bits per heavy atom. The summed E-state index contributed by atoms with van der Waals surface area (Å²) in [5.74, 6) is 0.342. The second kappa shape index (κ2) is 10.0. The Balaban J connectivity index is 1.64. The molecule has 2 aliphatic rings. The van der Waals surface area contributed by atoms with Gasteiger partial charge in [0.05, 0.1) is 6.10 Å². The molecule has 2 aliphatic carbocycles. The molecule has 7 atom stereocenters. The van der Waals surface area contributed by atoms with Gasteiger partial charge in [-0.2, -0.15) is 0 Å². The predicted octanol–water partition coefficient (Wildman–Crippen LogP) is 3.92. The Hall–Kier alpha value is -2.08. The van der Waals surface area contributed by atoms with Crippen LogP contribution in [0.25, 0.3) is 0 Å². The van der Waals surface area contributed by atoms with Crippen molar-refractivity contribution in [2.45, 2.75) is 84.9 Å². The molecule has 0 saturated heterocycles. The number of carbonyl (C=O) groups excluding carboxylic acids is 2. The van der Waals surface area contributed by atoms with E-state index in [4.69, 9.17) is 4.74 Å². The van der Waals surface area contributed by atoms with E-state index in [-0.39, 0.29) is 59.1 Å². The van der Waals surface area contributed by atoms with Gasteiger partial charge in [0, 0.05) is 17.5 Å². The maximum absolute atomic E-state index is 12.8. The number of nitrogens with one attached hydrogen (secondary N) is 2. The van der Waals surface area contributed by atoms with E-state index in [1.807, 2.05) is 58.0 Å². The summed E-state index contributed by atoms with van der Waals surface area (Å²) >= 11 is 0. The van der Waals surface area contributed by atoms with Gasteiger partial charge in [-0.1, -0.05) is 39.0 Å². The molecule has 6 heteroatoms. The van der Waals surface area contributed by atoms with Gasteiger partial charge in [-0.3, -0.25) is 9.59 Å². The van der Waals surface area contributed by atoms with Crippen molar-refractivity contribution >= 4 is 11.8 Å². The van der Waals surface area contributed by atoms with Gasteiger partial charge in [0.15, 0.2) is 6.61 Å². The van der Waals surface area contributed by atoms with Gasteiger partial charge in [-0.05, 0) is 81.8 Å². The van der Waals surface area contributed by atoms with E-state index < -0.39 is 6.10 Å². The smallest absolute Gasteiger partial charge is 0.258 e. The van der Waals surface area contributed by atoms with Crippen LogP contribution in [0.5, 0.6) is 5.75 Å². The summed E-state index contributed by atoms with van der Waals surface area (Å²) in [6.45, 7) is 12.2. The maximum atomic E-state index is 12.8. The topological polar surface area (TPSA) is 87.7 Å². The van der Waals surface area contributed by atoms with E-state index in [1.165, 1.54) is 0 Å². The van der Waals surface area contributed by atoms with Crippen molar-refractivity contribution < 1.29 is 19.4 Å². The molecule has 6 nitrogen and oxygen atoms in total. The fourth-order valence-electron chi connectivity index (χ4n) is 6.09. The first kappa shape index (κ1) is 25.5. The highest BCUT2D eigenvalue weighted by Gasteiger charge is 2.54. The van der Waals surface area contributed by atoms with Crippen molar-refractivity contribution in [3.05, 3.63) is 30.3 Å². The van der Waals surface area contributed by atoms with Gasteiger partial charge < -0.3 is 20.5 Å². The lowest BCUT2D eigenvalue weighted by atomic mass is 9.51. The van der Waals surface area contributed by atoms with Crippen LogP contribution >= 0.6 is 0 Å². The SMILES string of the molecule is CC(C(=O)NC(C)(C)C)C1CCC2(C)CCC(NC(=O)COc3ccccc3)C(C)C2C1O. The van der Waals surface area contributed by atoms with Crippen LogP contribution in [0, 0.1) is 29.1 Å². The highest BCUT2D eigenvalue weighted by molar-refractivity contribution is 5.79. The third-order valence-electron chi connectivity index (χ3n) is 7.90. The number of rotatable bonds is 6. The quantitative estimate of drug-likeness (QED) is 0.603. The van der Waals surface area contributed by atoms with Crippen molar-refractivity contribution in [2.75, 3.05) is 6.61 Å². The lowest BCUT2D eigenvalue weighted by Crippen LogP contribution is -2.59. The van der Waals surface area contributed by atoms with Crippen molar-refractivity contribution in [2.24, 2.45) is 29.1 Å². The summed E-state index contributed by atoms with van der Waals surface area (Å²) < 4.78 is 5.60. The molecule has 0 aliphatic heterocycles. The van der Waals surface area contributed by atoms with E-state index in [2.05, 4.69) is 24.5 Å². The number of amides is 2. The number of hydrogen-bond acceptors (Lipinski definition) is 4. The zero-order chi connectivity index (χ0) is 24.4. The summed E-state index contributed by atoms with van der Waals surface area (Å²) in [6, 6.07) is 9.31. The zero-order valence-electron chi connectivity index (χ0n) is 21.1. The number of carbonyl (C=O) groups is 2. The van der Waals surface area contributed by atoms with E-state index in [9.17, 15) is 14.7 Å². The van der Waals surface area contributed by atoms with Gasteiger partial charge in [-0.15, -0.1) is 0 Å². The second-order valence-corrected chi connectivity index (χ2v) is 11.6. The molecular weight excluding hydrogens is 416 g/mol. The van der Waals surface area contributed by atoms with Gasteiger partial charge in [0.1, 0.15) is 5.75 Å². The molecule has 33 heavy (non-hydrogen) atoms. The summed E-state index contributed by atoms with van der Waals surface area (Å²) in [7, 11) is 0. The van der Waals surface area contributed by atoms with Gasteiger partial charge in [0.25, 0.3) is 5.91 Å². The zero-order valence-corrected chi connectivity index (χ0v) is 21.1.